The second-order valence-corrected chi connectivity index (χ2v) is 7.14. The van der Waals surface area contributed by atoms with Gasteiger partial charge in [0.1, 0.15) is 5.82 Å². The summed E-state index contributed by atoms with van der Waals surface area (Å²) in [6.45, 7) is 0.524. The van der Waals surface area contributed by atoms with Crippen molar-refractivity contribution in [2.24, 2.45) is 0 Å². The molecule has 1 fully saturated rings. The molecule has 21 heavy (non-hydrogen) atoms. The number of nitrogens with zero attached hydrogens (tertiary/aromatic N) is 1. The Kier molecular flexibility index (Phi) is 5.30. The zero-order valence-electron chi connectivity index (χ0n) is 11.7. The number of halogens is 1. The van der Waals surface area contributed by atoms with Crippen molar-refractivity contribution >= 4 is 15.9 Å². The highest BCUT2D eigenvalue weighted by atomic mass is 32.2. The summed E-state index contributed by atoms with van der Waals surface area (Å²) in [4.78, 5) is 11.8. The lowest BCUT2D eigenvalue weighted by Crippen LogP contribution is -2.44. The molecule has 116 valence electrons. The minimum absolute atomic E-state index is 0.107. The Balaban J connectivity index is 1.79. The van der Waals surface area contributed by atoms with E-state index in [1.165, 1.54) is 10.4 Å². The topological polar surface area (TPSA) is 66.5 Å². The van der Waals surface area contributed by atoms with Gasteiger partial charge in [0, 0.05) is 13.1 Å². The fraction of sp³-hybridized carbons (Fsp3) is 0.500. The molecule has 1 heterocycles. The maximum Gasteiger partial charge on any atom is 0.235 e. The third-order valence-electron chi connectivity index (χ3n) is 3.45. The molecule has 0 aliphatic carbocycles. The van der Waals surface area contributed by atoms with E-state index < -0.39 is 10.0 Å². The smallest absolute Gasteiger partial charge is 0.235 e. The van der Waals surface area contributed by atoms with E-state index in [1.807, 2.05) is 0 Å². The minimum Gasteiger partial charge on any atom is -0.355 e. The van der Waals surface area contributed by atoms with Gasteiger partial charge >= 0.3 is 0 Å². The Morgan fingerprint density at radius 2 is 2.05 bits per heavy atom. The van der Waals surface area contributed by atoms with E-state index in [1.54, 1.807) is 18.2 Å². The number of sulfonamides is 1. The molecule has 5 nitrogen and oxygen atoms in total. The van der Waals surface area contributed by atoms with Crippen LogP contribution in [0.5, 0.6) is 0 Å². The molecule has 1 amide bonds. The number of hydrogen-bond acceptors (Lipinski definition) is 3. The predicted molar refractivity (Wildman–Crippen MR) is 77.7 cm³/mol. The summed E-state index contributed by atoms with van der Waals surface area (Å²) in [5.74, 6) is -0.544. The van der Waals surface area contributed by atoms with E-state index in [2.05, 4.69) is 5.32 Å². The van der Waals surface area contributed by atoms with Crippen LogP contribution in [0.2, 0.25) is 0 Å². The Morgan fingerprint density at radius 1 is 1.29 bits per heavy atom. The molecule has 1 saturated heterocycles. The first-order valence-corrected chi connectivity index (χ1v) is 8.58. The quantitative estimate of drug-likeness (QED) is 0.878. The molecule has 0 radical (unpaired) electrons. The van der Waals surface area contributed by atoms with Crippen LogP contribution in [0.1, 0.15) is 18.4 Å². The third kappa shape index (κ3) is 4.50. The summed E-state index contributed by atoms with van der Waals surface area (Å²) in [5.41, 5.74) is 0.531. The highest BCUT2D eigenvalue weighted by molar-refractivity contribution is 7.89. The van der Waals surface area contributed by atoms with Crippen LogP contribution in [0.25, 0.3) is 0 Å². The Labute approximate surface area is 124 Å². The van der Waals surface area contributed by atoms with E-state index >= 15 is 0 Å². The molecule has 0 saturated carbocycles. The van der Waals surface area contributed by atoms with Crippen LogP contribution in [-0.2, 0) is 21.2 Å². The number of carbonyl (C=O) groups excluding carboxylic acids is 1. The van der Waals surface area contributed by atoms with Crippen LogP contribution in [-0.4, -0.2) is 44.0 Å². The highest BCUT2D eigenvalue weighted by Gasteiger charge is 2.27. The van der Waals surface area contributed by atoms with Gasteiger partial charge in [0.25, 0.3) is 0 Å². The molecule has 1 N–H and O–H groups in total. The molecule has 1 aromatic rings. The van der Waals surface area contributed by atoms with Gasteiger partial charge in [-0.15, -0.1) is 0 Å². The van der Waals surface area contributed by atoms with E-state index in [0.29, 0.717) is 24.9 Å². The van der Waals surface area contributed by atoms with Crippen LogP contribution in [0.15, 0.2) is 24.3 Å². The lowest BCUT2D eigenvalue weighted by Gasteiger charge is -2.25. The number of benzene rings is 1. The lowest BCUT2D eigenvalue weighted by atomic mass is 10.1. The summed E-state index contributed by atoms with van der Waals surface area (Å²) in [5, 5.41) is 2.63. The molecule has 1 aromatic carbocycles. The van der Waals surface area contributed by atoms with Gasteiger partial charge < -0.3 is 5.32 Å². The number of carbonyl (C=O) groups is 1. The van der Waals surface area contributed by atoms with Crippen molar-refractivity contribution in [2.45, 2.75) is 19.3 Å². The van der Waals surface area contributed by atoms with Crippen molar-refractivity contribution in [3.8, 4) is 0 Å². The summed E-state index contributed by atoms with van der Waals surface area (Å²) < 4.78 is 38.1. The van der Waals surface area contributed by atoms with Crippen molar-refractivity contribution in [3.63, 3.8) is 0 Å². The van der Waals surface area contributed by atoms with Crippen LogP contribution >= 0.6 is 0 Å². The minimum atomic E-state index is -3.29. The van der Waals surface area contributed by atoms with Crippen LogP contribution < -0.4 is 5.32 Å². The van der Waals surface area contributed by atoms with Gasteiger partial charge in [0.15, 0.2) is 0 Å². The van der Waals surface area contributed by atoms with Gasteiger partial charge in [0.05, 0.1) is 12.3 Å². The molecule has 7 heteroatoms. The summed E-state index contributed by atoms with van der Waals surface area (Å²) in [6, 6.07) is 6.38. The highest BCUT2D eigenvalue weighted by Crippen LogP contribution is 2.12. The molecule has 0 bridgehead atoms. The molecule has 0 unspecified atom stereocenters. The Hall–Kier alpha value is -1.47. The molecule has 2 rings (SSSR count). The average Bonchev–Trinajstić information content (AvgIpc) is 2.43. The molecule has 0 aromatic heterocycles. The Morgan fingerprint density at radius 3 is 2.76 bits per heavy atom. The maximum atomic E-state index is 13.4. The number of rotatable bonds is 5. The van der Waals surface area contributed by atoms with Crippen molar-refractivity contribution in [1.29, 1.82) is 0 Å². The van der Waals surface area contributed by atoms with Gasteiger partial charge in [-0.1, -0.05) is 18.2 Å². The fourth-order valence-corrected chi connectivity index (χ4v) is 3.82. The van der Waals surface area contributed by atoms with Gasteiger partial charge in [-0.2, -0.15) is 4.31 Å². The van der Waals surface area contributed by atoms with Crippen molar-refractivity contribution in [1.82, 2.24) is 9.62 Å². The van der Waals surface area contributed by atoms with E-state index in [0.717, 1.165) is 6.42 Å². The SMILES string of the molecule is O=C(CN1CCCCS1(=O)=O)NCCc1ccccc1F. The standard InChI is InChI=1S/C14H19FN2O3S/c15-13-6-2-1-5-12(13)7-8-16-14(18)11-17-9-3-4-10-21(17,19)20/h1-2,5-6H,3-4,7-11H2,(H,16,18). The molecule has 0 spiro atoms. The molecule has 1 aliphatic rings. The van der Waals surface area contributed by atoms with E-state index in [-0.39, 0.29) is 30.6 Å². The Bertz CT molecular complexity index is 604. The molecular weight excluding hydrogens is 295 g/mol. The zero-order valence-corrected chi connectivity index (χ0v) is 12.5. The third-order valence-corrected chi connectivity index (χ3v) is 5.35. The number of amides is 1. The normalized spacial score (nSPS) is 18.3. The first-order chi connectivity index (χ1) is 9.99. The van der Waals surface area contributed by atoms with Gasteiger partial charge in [0.2, 0.25) is 15.9 Å². The monoisotopic (exact) mass is 314 g/mol. The zero-order chi connectivity index (χ0) is 15.3. The fourth-order valence-electron chi connectivity index (χ4n) is 2.27. The van der Waals surface area contributed by atoms with Crippen molar-refractivity contribution in [2.75, 3.05) is 25.4 Å². The van der Waals surface area contributed by atoms with Crippen molar-refractivity contribution in [3.05, 3.63) is 35.6 Å². The van der Waals surface area contributed by atoms with E-state index in [4.69, 9.17) is 0 Å². The van der Waals surface area contributed by atoms with E-state index in [9.17, 15) is 17.6 Å². The first kappa shape index (κ1) is 15.9. The van der Waals surface area contributed by atoms with Crippen molar-refractivity contribution < 1.29 is 17.6 Å². The largest absolute Gasteiger partial charge is 0.355 e. The molecule has 0 atom stereocenters. The summed E-state index contributed by atoms with van der Waals surface area (Å²) in [6.07, 6.45) is 1.81. The van der Waals surface area contributed by atoms with Gasteiger partial charge in [-0.3, -0.25) is 4.79 Å². The number of hydrogen-bond donors (Lipinski definition) is 1. The maximum absolute atomic E-state index is 13.4. The second-order valence-electron chi connectivity index (χ2n) is 5.05. The first-order valence-electron chi connectivity index (χ1n) is 6.97. The van der Waals surface area contributed by atoms with Crippen LogP contribution in [0.4, 0.5) is 4.39 Å². The van der Waals surface area contributed by atoms with Crippen LogP contribution in [0, 0.1) is 5.82 Å². The number of nitrogens with one attached hydrogen (secondary N) is 1. The van der Waals surface area contributed by atoms with Crippen LogP contribution in [0.3, 0.4) is 0 Å². The summed E-state index contributed by atoms with van der Waals surface area (Å²) >= 11 is 0. The summed E-state index contributed by atoms with van der Waals surface area (Å²) in [7, 11) is -3.29. The lowest BCUT2D eigenvalue weighted by molar-refractivity contribution is -0.121. The average molecular weight is 314 g/mol. The van der Waals surface area contributed by atoms with Gasteiger partial charge in [-0.25, -0.2) is 12.8 Å². The predicted octanol–water partition coefficient (Wildman–Crippen LogP) is 0.910. The molecule has 1 aliphatic heterocycles. The second kappa shape index (κ2) is 7.00. The molecular formula is C14H19FN2O3S. The van der Waals surface area contributed by atoms with Gasteiger partial charge in [-0.05, 0) is 30.9 Å².